The van der Waals surface area contributed by atoms with Gasteiger partial charge in [0, 0.05) is 0 Å². The molecule has 7 nitrogen and oxygen atoms in total. The number of hydrazone groups is 1. The van der Waals surface area contributed by atoms with Gasteiger partial charge in [0.05, 0.1) is 21.6 Å². The van der Waals surface area contributed by atoms with E-state index in [0.717, 1.165) is 11.4 Å². The quantitative estimate of drug-likeness (QED) is 0.302. The molecule has 27 heavy (non-hydrogen) atoms. The van der Waals surface area contributed by atoms with Crippen molar-refractivity contribution >= 4 is 46.6 Å². The maximum absolute atomic E-state index is 12.6. The number of halogens is 1. The number of hydrogen-bond donors (Lipinski definition) is 1. The highest BCUT2D eigenvalue weighted by atomic mass is 127. The van der Waals surface area contributed by atoms with E-state index in [9.17, 15) is 14.4 Å². The number of carboxylic acids is 1. The fourth-order valence-corrected chi connectivity index (χ4v) is 4.73. The first-order chi connectivity index (χ1) is 12.9. The molecular formula is C19H17IN2O5. The molecule has 0 radical (unpaired) electrons. The Kier molecular flexibility index (Phi) is 4.53. The minimum absolute atomic E-state index is 0.158. The summed E-state index contributed by atoms with van der Waals surface area (Å²) in [5, 5.41) is 14.1. The number of fused-ring (bicyclic) bond motifs is 5. The van der Waals surface area contributed by atoms with Crippen LogP contribution in [0.25, 0.3) is 0 Å². The average molecular weight is 480 g/mol. The van der Waals surface area contributed by atoms with Crippen LogP contribution in [-0.2, 0) is 14.4 Å². The lowest BCUT2D eigenvalue weighted by atomic mass is 9.85. The van der Waals surface area contributed by atoms with Gasteiger partial charge >= 0.3 is 5.97 Å². The first-order valence-corrected chi connectivity index (χ1v) is 9.74. The van der Waals surface area contributed by atoms with E-state index in [1.165, 1.54) is 13.1 Å². The van der Waals surface area contributed by atoms with E-state index < -0.39 is 12.1 Å². The molecule has 1 aromatic carbocycles. The maximum atomic E-state index is 12.6. The van der Waals surface area contributed by atoms with Crippen LogP contribution < -0.4 is 4.74 Å². The van der Waals surface area contributed by atoms with Gasteiger partial charge in [-0.25, -0.2) is 4.79 Å². The number of allylic oxidation sites excluding steroid dienone is 2. The summed E-state index contributed by atoms with van der Waals surface area (Å²) in [6.45, 7) is 1.46. The summed E-state index contributed by atoms with van der Waals surface area (Å²) < 4.78 is 6.09. The maximum Gasteiger partial charge on any atom is 0.344 e. The first-order valence-electron chi connectivity index (χ1n) is 8.66. The topological polar surface area (TPSA) is 96.3 Å². The summed E-state index contributed by atoms with van der Waals surface area (Å²) in [5.41, 5.74) is 0.688. The lowest BCUT2D eigenvalue weighted by Crippen LogP contribution is -2.28. The predicted octanol–water partition coefficient (Wildman–Crippen LogP) is 2.28. The fourth-order valence-electron chi connectivity index (χ4n) is 4.06. The number of nitrogens with zero attached hydrogens (tertiary/aromatic N) is 2. The molecule has 8 heteroatoms. The van der Waals surface area contributed by atoms with E-state index >= 15 is 0 Å². The molecule has 2 aliphatic carbocycles. The number of carboxylic acid groups (broad SMARTS) is 1. The van der Waals surface area contributed by atoms with Gasteiger partial charge < -0.3 is 9.84 Å². The lowest BCUT2D eigenvalue weighted by Gasteiger charge is -2.13. The van der Waals surface area contributed by atoms with Gasteiger partial charge in [0.25, 0.3) is 11.8 Å². The molecule has 0 aromatic heterocycles. The number of benzene rings is 1. The van der Waals surface area contributed by atoms with Gasteiger partial charge in [-0.2, -0.15) is 10.1 Å². The minimum atomic E-state index is -1.04. The molecule has 1 saturated heterocycles. The number of carbonyl (C=O) groups excluding carboxylic acids is 2. The van der Waals surface area contributed by atoms with Crippen molar-refractivity contribution in [2.45, 2.75) is 19.4 Å². The van der Waals surface area contributed by atoms with Gasteiger partial charge in [-0.15, -0.1) is 0 Å². The molecule has 1 heterocycles. The van der Waals surface area contributed by atoms with Crippen molar-refractivity contribution in [3.63, 3.8) is 0 Å². The van der Waals surface area contributed by atoms with E-state index in [1.54, 1.807) is 18.2 Å². The van der Waals surface area contributed by atoms with Crippen LogP contribution in [0, 0.1) is 27.2 Å². The number of imide groups is 1. The first kappa shape index (κ1) is 18.1. The Bertz CT molecular complexity index is 866. The minimum Gasteiger partial charge on any atom is -0.479 e. The molecule has 0 spiro atoms. The molecule has 1 N–H and O–H groups in total. The molecular weight excluding hydrogens is 463 g/mol. The second-order valence-corrected chi connectivity index (χ2v) is 8.18. The van der Waals surface area contributed by atoms with Crippen molar-refractivity contribution in [1.82, 2.24) is 5.01 Å². The van der Waals surface area contributed by atoms with Crippen LogP contribution in [0.5, 0.6) is 5.75 Å². The summed E-state index contributed by atoms with van der Waals surface area (Å²) >= 11 is 2.04. The summed E-state index contributed by atoms with van der Waals surface area (Å²) in [4.78, 5) is 36.1. The summed E-state index contributed by atoms with van der Waals surface area (Å²) in [6, 6.07) is 5.10. The smallest absolute Gasteiger partial charge is 0.344 e. The SMILES string of the molecule is C[C@@H](Oc1ccc(C=NN2C(=O)[C@@H]3[C@H](C2=O)[C@H]2C=C[C@H]3C2)cc1I)C(=O)O. The van der Waals surface area contributed by atoms with Gasteiger partial charge in [-0.05, 0) is 71.5 Å². The third-order valence-corrected chi connectivity index (χ3v) is 6.22. The molecule has 1 aliphatic heterocycles. The Morgan fingerprint density at radius 2 is 1.93 bits per heavy atom. The summed E-state index contributed by atoms with van der Waals surface area (Å²) in [5.74, 6) is -1.25. The monoisotopic (exact) mass is 480 g/mol. The molecule has 2 fully saturated rings. The zero-order chi connectivity index (χ0) is 19.3. The third-order valence-electron chi connectivity index (χ3n) is 5.38. The molecule has 1 aromatic rings. The van der Waals surface area contributed by atoms with Crippen molar-refractivity contribution in [2.75, 3.05) is 0 Å². The summed E-state index contributed by atoms with van der Waals surface area (Å²) in [7, 11) is 0. The second-order valence-electron chi connectivity index (χ2n) is 7.02. The van der Waals surface area contributed by atoms with E-state index in [-0.39, 0.29) is 35.5 Å². The molecule has 3 aliphatic rings. The van der Waals surface area contributed by atoms with Crippen molar-refractivity contribution in [1.29, 1.82) is 0 Å². The largest absolute Gasteiger partial charge is 0.479 e. The van der Waals surface area contributed by atoms with Gasteiger partial charge in [0.15, 0.2) is 6.10 Å². The van der Waals surface area contributed by atoms with E-state index in [2.05, 4.69) is 5.10 Å². The van der Waals surface area contributed by atoms with Gasteiger partial charge in [0.2, 0.25) is 0 Å². The molecule has 5 atom stereocenters. The zero-order valence-electron chi connectivity index (χ0n) is 14.4. The number of rotatable bonds is 5. The number of carbonyl (C=O) groups is 3. The Morgan fingerprint density at radius 1 is 1.30 bits per heavy atom. The molecule has 4 rings (SSSR count). The van der Waals surface area contributed by atoms with Crippen LogP contribution in [0.1, 0.15) is 18.9 Å². The van der Waals surface area contributed by atoms with Gasteiger partial charge in [-0.3, -0.25) is 9.59 Å². The highest BCUT2D eigenvalue weighted by molar-refractivity contribution is 14.1. The molecule has 1 saturated carbocycles. The van der Waals surface area contributed by atoms with Crippen LogP contribution in [0.15, 0.2) is 35.5 Å². The molecule has 2 amide bonds. The van der Waals surface area contributed by atoms with E-state index in [1.807, 2.05) is 34.7 Å². The highest BCUT2D eigenvalue weighted by Gasteiger charge is 2.59. The molecule has 0 unspecified atom stereocenters. The Balaban J connectivity index is 1.49. The fraction of sp³-hybridized carbons (Fsp3) is 0.368. The molecule has 140 valence electrons. The third kappa shape index (κ3) is 3.05. The Morgan fingerprint density at radius 3 is 2.48 bits per heavy atom. The van der Waals surface area contributed by atoms with Gasteiger partial charge in [0.1, 0.15) is 5.75 Å². The van der Waals surface area contributed by atoms with E-state index in [4.69, 9.17) is 9.84 Å². The lowest BCUT2D eigenvalue weighted by molar-refractivity contribution is -0.144. The number of hydrogen-bond acceptors (Lipinski definition) is 5. The standard InChI is InChI=1S/C19H17IN2O5/c1-9(19(25)26)27-14-5-2-10(6-13(14)20)8-21-22-17(23)15-11-3-4-12(7-11)16(15)18(22)24/h2-6,8-9,11-12,15-16H,7H2,1H3,(H,25,26)/t9-,11+,12+,15-,16+/m1/s1. The summed E-state index contributed by atoms with van der Waals surface area (Å²) in [6.07, 6.45) is 5.49. The van der Waals surface area contributed by atoms with Crippen LogP contribution in [0.4, 0.5) is 0 Å². The zero-order valence-corrected chi connectivity index (χ0v) is 16.6. The van der Waals surface area contributed by atoms with Crippen LogP contribution in [0.3, 0.4) is 0 Å². The predicted molar refractivity (Wildman–Crippen MR) is 104 cm³/mol. The Hall–Kier alpha value is -2.23. The average Bonchev–Trinajstić information content (AvgIpc) is 3.30. The van der Waals surface area contributed by atoms with Crippen LogP contribution >= 0.6 is 22.6 Å². The highest BCUT2D eigenvalue weighted by Crippen LogP contribution is 2.52. The van der Waals surface area contributed by atoms with Crippen molar-refractivity contribution < 1.29 is 24.2 Å². The number of amides is 2. The Labute approximate surface area is 169 Å². The van der Waals surface area contributed by atoms with E-state index in [0.29, 0.717) is 14.9 Å². The molecule has 2 bridgehead atoms. The number of aliphatic carboxylic acids is 1. The second kappa shape index (κ2) is 6.74. The van der Waals surface area contributed by atoms with Crippen molar-refractivity contribution in [2.24, 2.45) is 28.8 Å². The van der Waals surface area contributed by atoms with Gasteiger partial charge in [-0.1, -0.05) is 12.2 Å². The normalized spacial score (nSPS) is 29.6. The van der Waals surface area contributed by atoms with Crippen LogP contribution in [-0.4, -0.2) is 40.2 Å². The van der Waals surface area contributed by atoms with Crippen molar-refractivity contribution in [3.8, 4) is 5.75 Å². The van der Waals surface area contributed by atoms with Crippen LogP contribution in [0.2, 0.25) is 0 Å². The number of ether oxygens (including phenoxy) is 1. The van der Waals surface area contributed by atoms with Crippen molar-refractivity contribution in [3.05, 3.63) is 39.5 Å².